The molecule has 1 N–H and O–H groups in total. The molecule has 0 heterocycles. The van der Waals surface area contributed by atoms with Crippen molar-refractivity contribution in [1.29, 1.82) is 0 Å². The molecule has 0 aliphatic carbocycles. The summed E-state index contributed by atoms with van der Waals surface area (Å²) in [5.41, 5.74) is 8.10. The predicted octanol–water partition coefficient (Wildman–Crippen LogP) is 1.85. The third-order valence-corrected chi connectivity index (χ3v) is 5.72. The van der Waals surface area contributed by atoms with Gasteiger partial charge in [0.1, 0.15) is 0 Å². The zero-order chi connectivity index (χ0) is 15.3. The Labute approximate surface area is 120 Å². The normalized spacial score (nSPS) is 10.9. The Bertz CT molecular complexity index is 311. The van der Waals surface area contributed by atoms with Crippen molar-refractivity contribution in [2.45, 2.75) is 31.7 Å². The molecule has 0 radical (unpaired) electrons. The molecule has 116 valence electrons. The van der Waals surface area contributed by atoms with E-state index < -0.39 is 8.80 Å². The summed E-state index contributed by atoms with van der Waals surface area (Å²) in [5, 5.41) is 6.24. The van der Waals surface area contributed by atoms with Gasteiger partial charge in [0.25, 0.3) is 0 Å². The topological polar surface area (TPSA) is 106 Å². The van der Waals surface area contributed by atoms with E-state index in [4.69, 9.17) is 18.8 Å². The fourth-order valence-electron chi connectivity index (χ4n) is 1.69. The van der Waals surface area contributed by atoms with E-state index >= 15 is 0 Å². The van der Waals surface area contributed by atoms with Crippen LogP contribution in [0.5, 0.6) is 0 Å². The highest BCUT2D eigenvalue weighted by molar-refractivity contribution is 6.60. The number of carbonyl (C=O) groups excluding carboxylic acids is 1. The molecule has 0 rings (SSSR count). The van der Waals surface area contributed by atoms with Crippen LogP contribution in [0.4, 0.5) is 0 Å². The Morgan fingerprint density at radius 2 is 1.85 bits per heavy atom. The van der Waals surface area contributed by atoms with Crippen molar-refractivity contribution < 1.29 is 18.1 Å². The largest absolute Gasteiger partial charge is 0.500 e. The summed E-state index contributed by atoms with van der Waals surface area (Å²) in [6.45, 7) is 1.01. The fraction of sp³-hybridized carbons (Fsp3) is 0.909. The van der Waals surface area contributed by atoms with Crippen LogP contribution in [-0.2, 0) is 18.1 Å². The third-order valence-electron chi connectivity index (χ3n) is 2.89. The Morgan fingerprint density at radius 1 is 1.20 bits per heavy atom. The van der Waals surface area contributed by atoms with E-state index in [0.717, 1.165) is 19.3 Å². The molecule has 20 heavy (non-hydrogen) atoms. The van der Waals surface area contributed by atoms with E-state index in [1.807, 2.05) is 0 Å². The van der Waals surface area contributed by atoms with Crippen molar-refractivity contribution in [2.24, 2.45) is 5.11 Å². The first kappa shape index (κ1) is 18.9. The van der Waals surface area contributed by atoms with E-state index in [9.17, 15) is 4.79 Å². The molecule has 9 heteroatoms. The molecular weight excluding hydrogens is 280 g/mol. The van der Waals surface area contributed by atoms with Crippen LogP contribution < -0.4 is 5.32 Å². The summed E-state index contributed by atoms with van der Waals surface area (Å²) >= 11 is 0. The van der Waals surface area contributed by atoms with Gasteiger partial charge in [-0.15, -0.1) is 0 Å². The smallest absolute Gasteiger partial charge is 0.377 e. The highest BCUT2D eigenvalue weighted by atomic mass is 28.4. The Morgan fingerprint density at radius 3 is 2.40 bits per heavy atom. The second-order valence-corrected chi connectivity index (χ2v) is 7.25. The predicted molar refractivity (Wildman–Crippen MR) is 77.1 cm³/mol. The zero-order valence-corrected chi connectivity index (χ0v) is 13.4. The van der Waals surface area contributed by atoms with Crippen LogP contribution in [0.25, 0.3) is 10.4 Å². The van der Waals surface area contributed by atoms with Crippen LogP contribution in [0.1, 0.15) is 25.7 Å². The Kier molecular flexibility index (Phi) is 11.0. The number of nitrogens with one attached hydrogen (secondary N) is 1. The first-order chi connectivity index (χ1) is 9.64. The maximum Gasteiger partial charge on any atom is 0.500 e. The molecule has 0 aliphatic rings. The van der Waals surface area contributed by atoms with Gasteiger partial charge in [-0.25, -0.2) is 0 Å². The molecule has 0 bridgehead atoms. The number of rotatable bonds is 12. The number of hydrogen-bond acceptors (Lipinski definition) is 5. The molecular formula is C11H24N4O4Si. The molecule has 8 nitrogen and oxygen atoms in total. The lowest BCUT2D eigenvalue weighted by molar-refractivity contribution is -0.121. The van der Waals surface area contributed by atoms with Crippen molar-refractivity contribution >= 4 is 14.7 Å². The van der Waals surface area contributed by atoms with Crippen LogP contribution in [0.15, 0.2) is 5.11 Å². The van der Waals surface area contributed by atoms with Gasteiger partial charge in [-0.1, -0.05) is 5.11 Å². The van der Waals surface area contributed by atoms with Crippen molar-refractivity contribution in [3.63, 3.8) is 0 Å². The number of unbranched alkanes of at least 4 members (excludes halogenated alkanes) is 1. The van der Waals surface area contributed by atoms with Gasteiger partial charge in [-0.2, -0.15) is 0 Å². The van der Waals surface area contributed by atoms with Crippen LogP contribution in [0.3, 0.4) is 0 Å². The van der Waals surface area contributed by atoms with Crippen LogP contribution in [-0.4, -0.2) is 49.1 Å². The monoisotopic (exact) mass is 304 g/mol. The maximum atomic E-state index is 11.5. The summed E-state index contributed by atoms with van der Waals surface area (Å²) in [6, 6.07) is 0.660. The summed E-state index contributed by atoms with van der Waals surface area (Å²) in [4.78, 5) is 14.2. The van der Waals surface area contributed by atoms with Gasteiger partial charge < -0.3 is 18.6 Å². The molecule has 0 aliphatic heterocycles. The molecule has 0 aromatic carbocycles. The first-order valence-corrected chi connectivity index (χ1v) is 8.50. The Hall–Kier alpha value is -1.12. The van der Waals surface area contributed by atoms with Crippen molar-refractivity contribution in [2.75, 3.05) is 34.4 Å². The van der Waals surface area contributed by atoms with Gasteiger partial charge in [0.15, 0.2) is 0 Å². The van der Waals surface area contributed by atoms with E-state index in [1.165, 1.54) is 0 Å². The van der Waals surface area contributed by atoms with Gasteiger partial charge in [0, 0.05) is 51.8 Å². The first-order valence-electron chi connectivity index (χ1n) is 6.57. The minimum absolute atomic E-state index is 0.00505. The molecule has 0 aromatic rings. The molecule has 0 fully saturated rings. The quantitative estimate of drug-likeness (QED) is 0.195. The Balaban J connectivity index is 3.68. The van der Waals surface area contributed by atoms with Gasteiger partial charge in [0.2, 0.25) is 5.91 Å². The molecule has 1 amide bonds. The van der Waals surface area contributed by atoms with Gasteiger partial charge in [-0.3, -0.25) is 4.79 Å². The highest BCUT2D eigenvalue weighted by Crippen LogP contribution is 2.14. The summed E-state index contributed by atoms with van der Waals surface area (Å²) in [5.74, 6) is 0.00505. The second-order valence-electron chi connectivity index (χ2n) is 4.16. The molecule has 0 spiro atoms. The van der Waals surface area contributed by atoms with Crippen molar-refractivity contribution in [1.82, 2.24) is 5.32 Å². The summed E-state index contributed by atoms with van der Waals surface area (Å²) in [7, 11) is 2.19. The fourth-order valence-corrected chi connectivity index (χ4v) is 3.41. The lowest BCUT2D eigenvalue weighted by atomic mass is 10.2. The minimum atomic E-state index is -2.53. The molecule has 0 saturated carbocycles. The van der Waals surface area contributed by atoms with E-state index in [-0.39, 0.29) is 5.91 Å². The van der Waals surface area contributed by atoms with Crippen LogP contribution in [0, 0.1) is 0 Å². The standard InChI is InChI=1S/C11H24N4O4Si/c1-17-20(18-2,19-3)10-6-8-13-11(16)7-4-5-9-14-15-12/h4-10H2,1-3H3,(H,13,16). The van der Waals surface area contributed by atoms with Crippen molar-refractivity contribution in [3.05, 3.63) is 10.4 Å². The van der Waals surface area contributed by atoms with Gasteiger partial charge in [-0.05, 0) is 24.8 Å². The third kappa shape index (κ3) is 8.13. The van der Waals surface area contributed by atoms with E-state index in [0.29, 0.717) is 25.6 Å². The van der Waals surface area contributed by atoms with E-state index in [2.05, 4.69) is 15.3 Å². The number of azide groups is 1. The van der Waals surface area contributed by atoms with Crippen LogP contribution in [0.2, 0.25) is 6.04 Å². The number of nitrogens with zero attached hydrogens (tertiary/aromatic N) is 3. The highest BCUT2D eigenvalue weighted by Gasteiger charge is 2.36. The average Bonchev–Trinajstić information content (AvgIpc) is 2.48. The molecule has 0 aromatic heterocycles. The average molecular weight is 304 g/mol. The number of hydrogen-bond donors (Lipinski definition) is 1. The van der Waals surface area contributed by atoms with E-state index in [1.54, 1.807) is 21.3 Å². The van der Waals surface area contributed by atoms with Gasteiger partial charge in [0.05, 0.1) is 0 Å². The second kappa shape index (κ2) is 11.7. The SMILES string of the molecule is CO[Si](CCCNC(=O)CCCCN=[N+]=[N-])(OC)OC. The molecule has 0 atom stereocenters. The number of carbonyl (C=O) groups is 1. The number of amides is 1. The van der Waals surface area contributed by atoms with Crippen molar-refractivity contribution in [3.8, 4) is 0 Å². The lowest BCUT2D eigenvalue weighted by Gasteiger charge is -2.24. The molecule has 0 unspecified atom stereocenters. The lowest BCUT2D eigenvalue weighted by Crippen LogP contribution is -2.43. The zero-order valence-electron chi connectivity index (χ0n) is 12.4. The van der Waals surface area contributed by atoms with Gasteiger partial charge >= 0.3 is 8.80 Å². The summed E-state index contributed by atoms with van der Waals surface area (Å²) < 4.78 is 15.9. The maximum absolute atomic E-state index is 11.5. The van der Waals surface area contributed by atoms with Crippen LogP contribution >= 0.6 is 0 Å². The summed E-state index contributed by atoms with van der Waals surface area (Å²) in [6.07, 6.45) is 2.64. The minimum Gasteiger partial charge on any atom is -0.377 e. The molecule has 0 saturated heterocycles.